The second-order valence-corrected chi connectivity index (χ2v) is 9.32. The third-order valence-electron chi connectivity index (χ3n) is 5.14. The Balaban J connectivity index is 1.92. The van der Waals surface area contributed by atoms with Crippen LogP contribution in [-0.4, -0.2) is 60.6 Å². The number of nitrogens with two attached hydrogens (primary N) is 1. The van der Waals surface area contributed by atoms with E-state index in [0.29, 0.717) is 5.56 Å². The molecule has 0 spiro atoms. The number of carbonyl (C=O) groups is 4. The van der Waals surface area contributed by atoms with Crippen molar-refractivity contribution in [1.82, 2.24) is 15.5 Å². The number of hydrogen-bond donors (Lipinski definition) is 4. The fourth-order valence-electron chi connectivity index (χ4n) is 3.77. The average Bonchev–Trinajstić information content (AvgIpc) is 2.82. The van der Waals surface area contributed by atoms with Crippen LogP contribution in [0.2, 0.25) is 0 Å². The quantitative estimate of drug-likeness (QED) is 0.250. The van der Waals surface area contributed by atoms with Crippen molar-refractivity contribution in [2.45, 2.75) is 41.7 Å². The molecule has 2 aliphatic rings. The van der Waals surface area contributed by atoms with Crippen LogP contribution in [0.25, 0.3) is 0 Å². The molecular weight excluding hydrogens is 388 g/mol. The Morgan fingerprint density at radius 1 is 1.36 bits per heavy atom. The number of aliphatic carboxylic acids is 1. The van der Waals surface area contributed by atoms with Gasteiger partial charge in [-0.2, -0.15) is 0 Å². The summed E-state index contributed by atoms with van der Waals surface area (Å²) in [6.45, 7) is 2.85. The average molecular weight is 408 g/mol. The predicted octanol–water partition coefficient (Wildman–Crippen LogP) is -1.59. The van der Waals surface area contributed by atoms with Crippen LogP contribution in [0, 0.1) is 0 Å². The van der Waals surface area contributed by atoms with Crippen LogP contribution < -0.4 is 16.4 Å². The third-order valence-corrected chi connectivity index (χ3v) is 7.43. The normalized spacial score (nSPS) is 31.4. The number of fused-ring (bicyclic) bond motifs is 1. The van der Waals surface area contributed by atoms with Crippen LogP contribution in [0.15, 0.2) is 30.3 Å². The number of β-lactam (4-membered cyclic amide) rings is 1. The fraction of sp³-hybridized carbons (Fsp3) is 0.412. The van der Waals surface area contributed by atoms with Gasteiger partial charge in [-0.05, 0) is 19.4 Å². The van der Waals surface area contributed by atoms with Crippen molar-refractivity contribution in [2.75, 3.05) is 0 Å². The Morgan fingerprint density at radius 2 is 1.96 bits per heavy atom. The number of carboxylic acids is 1. The summed E-state index contributed by atoms with van der Waals surface area (Å²) in [5.74, 6) is -2.83. The Labute approximate surface area is 163 Å². The first kappa shape index (κ1) is 20.1. The molecule has 11 heteroatoms. The van der Waals surface area contributed by atoms with Crippen LogP contribution in [0.5, 0.6) is 0 Å². The summed E-state index contributed by atoms with van der Waals surface area (Å²) >= 11 is -2.03. The van der Waals surface area contributed by atoms with Gasteiger partial charge in [0.25, 0.3) is 5.91 Å². The lowest BCUT2D eigenvalue weighted by Crippen LogP contribution is -2.85. The van der Waals surface area contributed by atoms with E-state index in [0.717, 1.165) is 4.90 Å². The Hall–Kier alpha value is -2.63. The molecule has 2 fully saturated rings. The first-order valence-electron chi connectivity index (χ1n) is 8.41. The first-order valence-corrected chi connectivity index (χ1v) is 9.56. The standard InChI is InChI=1S/C17H20N4O6S/c1-16(2)12(15(25)26)21-14(24)11(17(21,19-8-22)28(16)27)20-13(23)10(18)9-6-4-3-5-7-9/h3-8,10-12H,18H2,1-2H3,(H,19,22)(H,20,23)(H,25,26)/t10?,11-,12+,17?,28?/m1/s1. The minimum atomic E-state index is -2.03. The summed E-state index contributed by atoms with van der Waals surface area (Å²) in [4.78, 5) is 47.2. The zero-order valence-corrected chi connectivity index (χ0v) is 15.9. The van der Waals surface area contributed by atoms with Gasteiger partial charge in [0.2, 0.25) is 18.4 Å². The van der Waals surface area contributed by atoms with Crippen molar-refractivity contribution in [3.05, 3.63) is 35.9 Å². The van der Waals surface area contributed by atoms with Gasteiger partial charge >= 0.3 is 11.0 Å². The number of benzene rings is 1. The van der Waals surface area contributed by atoms with E-state index in [-0.39, 0.29) is 6.41 Å². The van der Waals surface area contributed by atoms with Gasteiger partial charge in [-0.1, -0.05) is 30.3 Å². The van der Waals surface area contributed by atoms with E-state index in [9.17, 15) is 28.8 Å². The summed E-state index contributed by atoms with van der Waals surface area (Å²) in [6, 6.07) is 4.48. The number of carboxylic acid groups (broad SMARTS) is 1. The van der Waals surface area contributed by atoms with Gasteiger partial charge in [0, 0.05) is 11.2 Å². The molecule has 0 radical (unpaired) electrons. The maximum atomic E-state index is 13.1. The van der Waals surface area contributed by atoms with Crippen molar-refractivity contribution in [3.63, 3.8) is 0 Å². The summed E-state index contributed by atoms with van der Waals surface area (Å²) in [5, 5.41) is 14.3. The lowest BCUT2D eigenvalue weighted by Gasteiger charge is -2.50. The van der Waals surface area contributed by atoms with Crippen molar-refractivity contribution in [2.24, 2.45) is 5.73 Å². The second kappa shape index (κ2) is 6.76. The minimum absolute atomic E-state index is 0.230. The van der Waals surface area contributed by atoms with Crippen molar-refractivity contribution < 1.29 is 28.8 Å². The van der Waals surface area contributed by atoms with E-state index in [4.69, 9.17) is 5.73 Å². The van der Waals surface area contributed by atoms with E-state index in [1.807, 2.05) is 0 Å². The van der Waals surface area contributed by atoms with Gasteiger partial charge in [0.15, 0.2) is 10.8 Å². The molecule has 2 saturated heterocycles. The van der Waals surface area contributed by atoms with Crippen LogP contribution in [-0.2, 0) is 30.4 Å². The molecule has 1 aromatic carbocycles. The number of carbonyl (C=O) groups excluding carboxylic acids is 3. The summed E-state index contributed by atoms with van der Waals surface area (Å²) in [7, 11) is 0. The summed E-state index contributed by atoms with van der Waals surface area (Å²) < 4.78 is 11.8. The number of amides is 3. The maximum absolute atomic E-state index is 13.1. The largest absolute Gasteiger partial charge is 0.612 e. The number of nitrogens with one attached hydrogen (secondary N) is 2. The molecule has 0 bridgehead atoms. The zero-order valence-electron chi connectivity index (χ0n) is 15.1. The monoisotopic (exact) mass is 408 g/mol. The Kier molecular flexibility index (Phi) is 4.86. The molecule has 3 amide bonds. The topological polar surface area (TPSA) is 165 Å². The van der Waals surface area contributed by atoms with Crippen molar-refractivity contribution >= 4 is 35.4 Å². The highest BCUT2D eigenvalue weighted by Gasteiger charge is 2.83. The molecule has 5 N–H and O–H groups in total. The van der Waals surface area contributed by atoms with Gasteiger partial charge in [0.1, 0.15) is 6.04 Å². The lowest BCUT2D eigenvalue weighted by molar-refractivity contribution is -0.171. The molecule has 3 unspecified atom stereocenters. The van der Waals surface area contributed by atoms with E-state index in [1.165, 1.54) is 13.8 Å². The van der Waals surface area contributed by atoms with Crippen molar-refractivity contribution in [1.29, 1.82) is 0 Å². The lowest BCUT2D eigenvalue weighted by atomic mass is 9.92. The fourth-order valence-corrected chi connectivity index (χ4v) is 5.89. The molecular formula is C17H20N4O6S. The molecule has 2 aliphatic heterocycles. The van der Waals surface area contributed by atoms with Gasteiger partial charge in [-0.3, -0.25) is 24.6 Å². The maximum Gasteiger partial charge on any atom is 0.332 e. The molecule has 150 valence electrons. The van der Waals surface area contributed by atoms with E-state index in [1.54, 1.807) is 30.3 Å². The molecule has 28 heavy (non-hydrogen) atoms. The van der Waals surface area contributed by atoms with Gasteiger partial charge in [0.05, 0.1) is 0 Å². The summed E-state index contributed by atoms with van der Waals surface area (Å²) in [6.07, 6.45) is 0.230. The third kappa shape index (κ3) is 2.58. The van der Waals surface area contributed by atoms with E-state index >= 15 is 0 Å². The van der Waals surface area contributed by atoms with Crippen LogP contribution in [0.3, 0.4) is 0 Å². The highest BCUT2D eigenvalue weighted by Crippen LogP contribution is 2.52. The molecule has 5 atom stereocenters. The summed E-state index contributed by atoms with van der Waals surface area (Å²) in [5.41, 5.74) is 6.43. The van der Waals surface area contributed by atoms with Crippen LogP contribution in [0.4, 0.5) is 0 Å². The van der Waals surface area contributed by atoms with Gasteiger partial charge in [-0.15, -0.1) is 0 Å². The van der Waals surface area contributed by atoms with Crippen LogP contribution >= 0.6 is 0 Å². The molecule has 0 aromatic heterocycles. The molecule has 10 nitrogen and oxygen atoms in total. The smallest absolute Gasteiger partial charge is 0.332 e. The van der Waals surface area contributed by atoms with E-state index in [2.05, 4.69) is 10.6 Å². The van der Waals surface area contributed by atoms with E-state index < -0.39 is 56.8 Å². The van der Waals surface area contributed by atoms with Crippen molar-refractivity contribution in [3.8, 4) is 0 Å². The van der Waals surface area contributed by atoms with Gasteiger partial charge in [-0.25, -0.2) is 4.79 Å². The molecule has 1 aromatic rings. The number of hydrogen-bond acceptors (Lipinski definition) is 6. The molecule has 0 aliphatic carbocycles. The SMILES string of the molecule is CC1(C)[C@H](C(=O)O)N2C(=O)[C@@H](NC(=O)C(N)c3ccccc3)C2(NC=O)[S+]1[O-]. The Morgan fingerprint density at radius 3 is 2.50 bits per heavy atom. The first-order chi connectivity index (χ1) is 13.1. The second-order valence-electron chi connectivity index (χ2n) is 7.11. The van der Waals surface area contributed by atoms with Crippen LogP contribution in [0.1, 0.15) is 25.5 Å². The minimum Gasteiger partial charge on any atom is -0.612 e. The molecule has 0 saturated carbocycles. The molecule has 2 heterocycles. The van der Waals surface area contributed by atoms with Gasteiger partial charge < -0.3 is 20.7 Å². The Bertz CT molecular complexity index is 834. The predicted molar refractivity (Wildman–Crippen MR) is 97.7 cm³/mol. The molecule has 3 rings (SSSR count). The number of rotatable bonds is 6. The number of nitrogens with zero attached hydrogens (tertiary/aromatic N) is 1. The highest BCUT2D eigenvalue weighted by molar-refractivity contribution is 7.94. The zero-order chi connectivity index (χ0) is 20.9. The highest BCUT2D eigenvalue weighted by atomic mass is 32.2.